The Morgan fingerprint density at radius 2 is 1.84 bits per heavy atom. The number of hydrogen-bond acceptors (Lipinski definition) is 6. The van der Waals surface area contributed by atoms with Crippen molar-refractivity contribution in [2.24, 2.45) is 11.8 Å². The molecule has 2 aromatic rings. The van der Waals surface area contributed by atoms with E-state index in [1.165, 1.54) is 6.20 Å². The first kappa shape index (κ1) is 20.4. The third-order valence-electron chi connectivity index (χ3n) is 6.73. The number of amides is 2. The fraction of sp³-hybridized carbons (Fsp3) is 0.500. The standard InChI is InChI=1S/C22H24BrN5O3/c1-13-10-24-11-18(26-13)31-20(30)28-22-8-14-4-15(9-22)7-21(6-14,12-22)27-19(29)16-2-3-25-17(23)5-16/h2-3,5,10-11,14-15H,4,6-9,12H2,1H3,(H,27,29)(H,28,30). The van der Waals surface area contributed by atoms with Crippen LogP contribution in [0.25, 0.3) is 0 Å². The van der Waals surface area contributed by atoms with E-state index in [4.69, 9.17) is 4.74 Å². The molecule has 0 saturated heterocycles. The maximum absolute atomic E-state index is 13.0. The normalized spacial score (nSPS) is 30.6. The molecule has 4 aliphatic rings. The van der Waals surface area contributed by atoms with Gasteiger partial charge >= 0.3 is 6.09 Å². The Kier molecular flexibility index (Phi) is 4.96. The van der Waals surface area contributed by atoms with Gasteiger partial charge < -0.3 is 15.4 Å². The average molecular weight is 486 g/mol. The predicted octanol–water partition coefficient (Wildman–Crippen LogP) is 3.55. The van der Waals surface area contributed by atoms with Crippen LogP contribution >= 0.6 is 15.9 Å². The molecule has 0 radical (unpaired) electrons. The number of nitrogens with one attached hydrogen (secondary N) is 2. The molecule has 4 saturated carbocycles. The molecule has 2 amide bonds. The summed E-state index contributed by atoms with van der Waals surface area (Å²) in [5, 5.41) is 6.46. The zero-order chi connectivity index (χ0) is 21.6. The topological polar surface area (TPSA) is 106 Å². The molecule has 2 unspecified atom stereocenters. The number of halogens is 1. The van der Waals surface area contributed by atoms with Crippen molar-refractivity contribution >= 4 is 27.9 Å². The summed E-state index contributed by atoms with van der Waals surface area (Å²) in [5.41, 5.74) is 0.583. The van der Waals surface area contributed by atoms with Gasteiger partial charge in [-0.05, 0) is 85.3 Å². The first-order valence-corrected chi connectivity index (χ1v) is 11.3. The van der Waals surface area contributed by atoms with E-state index in [-0.39, 0.29) is 22.9 Å². The van der Waals surface area contributed by atoms with Crippen LogP contribution in [0.3, 0.4) is 0 Å². The molecule has 8 nitrogen and oxygen atoms in total. The molecule has 2 N–H and O–H groups in total. The third kappa shape index (κ3) is 4.15. The van der Waals surface area contributed by atoms with Crippen LogP contribution in [0.4, 0.5) is 4.79 Å². The van der Waals surface area contributed by atoms with Crippen molar-refractivity contribution in [3.05, 3.63) is 46.6 Å². The number of carbonyl (C=O) groups excluding carboxylic acids is 2. The summed E-state index contributed by atoms with van der Waals surface area (Å²) >= 11 is 3.33. The second-order valence-electron chi connectivity index (χ2n) is 9.36. The fourth-order valence-corrected chi connectivity index (χ4v) is 6.60. The zero-order valence-corrected chi connectivity index (χ0v) is 18.8. The number of carbonyl (C=O) groups is 2. The van der Waals surface area contributed by atoms with Crippen LogP contribution in [0.1, 0.15) is 54.6 Å². The van der Waals surface area contributed by atoms with E-state index in [2.05, 4.69) is 41.5 Å². The summed E-state index contributed by atoms with van der Waals surface area (Å²) in [6.07, 6.45) is 9.73. The number of pyridine rings is 1. The van der Waals surface area contributed by atoms with Gasteiger partial charge in [0.25, 0.3) is 5.91 Å². The first-order valence-electron chi connectivity index (χ1n) is 10.5. The lowest BCUT2D eigenvalue weighted by atomic mass is 9.50. The molecule has 4 aliphatic carbocycles. The lowest BCUT2D eigenvalue weighted by Gasteiger charge is -2.62. The molecule has 0 aromatic carbocycles. The van der Waals surface area contributed by atoms with Crippen LogP contribution in [0, 0.1) is 18.8 Å². The van der Waals surface area contributed by atoms with E-state index in [9.17, 15) is 9.59 Å². The zero-order valence-electron chi connectivity index (χ0n) is 17.2. The summed E-state index contributed by atoms with van der Waals surface area (Å²) in [6.45, 7) is 1.80. The van der Waals surface area contributed by atoms with Gasteiger partial charge in [-0.15, -0.1) is 0 Å². The van der Waals surface area contributed by atoms with Gasteiger partial charge in [0.2, 0.25) is 5.88 Å². The Hall–Kier alpha value is -2.55. The second-order valence-corrected chi connectivity index (χ2v) is 10.2. The number of nitrogens with zero attached hydrogens (tertiary/aromatic N) is 3. The van der Waals surface area contributed by atoms with E-state index in [0.717, 1.165) is 32.1 Å². The third-order valence-corrected chi connectivity index (χ3v) is 7.16. The van der Waals surface area contributed by atoms with Crippen LogP contribution in [-0.4, -0.2) is 38.0 Å². The Morgan fingerprint density at radius 1 is 1.13 bits per heavy atom. The largest absolute Gasteiger partial charge is 0.414 e. The van der Waals surface area contributed by atoms with Crippen molar-refractivity contribution in [2.45, 2.75) is 56.5 Å². The Labute approximate surface area is 188 Å². The minimum absolute atomic E-state index is 0.0992. The van der Waals surface area contributed by atoms with Crippen LogP contribution in [0.5, 0.6) is 5.88 Å². The molecule has 31 heavy (non-hydrogen) atoms. The first-order chi connectivity index (χ1) is 14.8. The number of hydrogen-bond donors (Lipinski definition) is 2. The molecule has 4 fully saturated rings. The molecule has 0 spiro atoms. The number of rotatable bonds is 4. The van der Waals surface area contributed by atoms with Crippen molar-refractivity contribution < 1.29 is 14.3 Å². The molecule has 0 aliphatic heterocycles. The molecule has 2 aromatic heterocycles. The Morgan fingerprint density at radius 3 is 2.52 bits per heavy atom. The molecular weight excluding hydrogens is 462 g/mol. The minimum atomic E-state index is -0.513. The average Bonchev–Trinajstić information content (AvgIpc) is 2.66. The monoisotopic (exact) mass is 485 g/mol. The van der Waals surface area contributed by atoms with Gasteiger partial charge in [-0.2, -0.15) is 0 Å². The van der Waals surface area contributed by atoms with Gasteiger partial charge in [0.05, 0.1) is 11.9 Å². The predicted molar refractivity (Wildman–Crippen MR) is 115 cm³/mol. The highest BCUT2D eigenvalue weighted by molar-refractivity contribution is 9.10. The summed E-state index contributed by atoms with van der Waals surface area (Å²) in [7, 11) is 0. The molecule has 2 atom stereocenters. The van der Waals surface area contributed by atoms with Crippen LogP contribution in [0.2, 0.25) is 0 Å². The van der Waals surface area contributed by atoms with Crippen molar-refractivity contribution in [2.75, 3.05) is 0 Å². The molecule has 6 rings (SSSR count). The molecular formula is C22H24BrN5O3. The summed E-state index contributed by atoms with van der Waals surface area (Å²) in [5.74, 6) is 1.04. The number of ether oxygens (including phenoxy) is 1. The Balaban J connectivity index is 1.32. The fourth-order valence-electron chi connectivity index (χ4n) is 6.24. The van der Waals surface area contributed by atoms with Crippen molar-refractivity contribution in [1.82, 2.24) is 25.6 Å². The van der Waals surface area contributed by atoms with E-state index < -0.39 is 6.09 Å². The molecule has 4 bridgehead atoms. The summed E-state index contributed by atoms with van der Waals surface area (Å²) < 4.78 is 6.04. The van der Waals surface area contributed by atoms with E-state index in [0.29, 0.717) is 34.1 Å². The lowest BCUT2D eigenvalue weighted by molar-refractivity contribution is -0.0449. The lowest BCUT2D eigenvalue weighted by Crippen LogP contribution is -2.70. The number of aromatic nitrogens is 3. The van der Waals surface area contributed by atoms with Crippen molar-refractivity contribution in [3.8, 4) is 5.88 Å². The second kappa shape index (κ2) is 7.55. The van der Waals surface area contributed by atoms with Crippen LogP contribution in [0.15, 0.2) is 35.3 Å². The van der Waals surface area contributed by atoms with Crippen LogP contribution in [-0.2, 0) is 0 Å². The van der Waals surface area contributed by atoms with Gasteiger partial charge in [-0.3, -0.25) is 9.78 Å². The maximum Gasteiger partial charge on any atom is 0.414 e. The van der Waals surface area contributed by atoms with Gasteiger partial charge in [-0.1, -0.05) is 0 Å². The molecule has 9 heteroatoms. The Bertz CT molecular complexity index is 1030. The highest BCUT2D eigenvalue weighted by Crippen LogP contribution is 2.57. The van der Waals surface area contributed by atoms with E-state index >= 15 is 0 Å². The highest BCUT2D eigenvalue weighted by Gasteiger charge is 2.59. The quantitative estimate of drug-likeness (QED) is 0.641. The van der Waals surface area contributed by atoms with Gasteiger partial charge in [-0.25, -0.2) is 14.8 Å². The number of aryl methyl sites for hydroxylation is 1. The molecule has 162 valence electrons. The highest BCUT2D eigenvalue weighted by atomic mass is 79.9. The SMILES string of the molecule is Cc1cncc(OC(=O)NC23CC4CC(C2)CC(NC(=O)c2ccnc(Br)c2)(C4)C3)n1. The van der Waals surface area contributed by atoms with Crippen molar-refractivity contribution in [3.63, 3.8) is 0 Å². The minimum Gasteiger partial charge on any atom is -0.390 e. The van der Waals surface area contributed by atoms with E-state index in [1.807, 2.05) is 0 Å². The smallest absolute Gasteiger partial charge is 0.390 e. The summed E-state index contributed by atoms with van der Waals surface area (Å²) in [4.78, 5) is 38.0. The van der Waals surface area contributed by atoms with Crippen LogP contribution < -0.4 is 15.4 Å². The maximum atomic E-state index is 13.0. The van der Waals surface area contributed by atoms with E-state index in [1.54, 1.807) is 31.5 Å². The summed E-state index contributed by atoms with van der Waals surface area (Å²) in [6, 6.07) is 3.44. The van der Waals surface area contributed by atoms with Gasteiger partial charge in [0.15, 0.2) is 0 Å². The molecule has 2 heterocycles. The van der Waals surface area contributed by atoms with Gasteiger partial charge in [0, 0.05) is 29.0 Å². The van der Waals surface area contributed by atoms with Crippen molar-refractivity contribution in [1.29, 1.82) is 0 Å². The van der Waals surface area contributed by atoms with Gasteiger partial charge in [0.1, 0.15) is 4.60 Å².